The number of rotatable bonds is 2. The van der Waals surface area contributed by atoms with Gasteiger partial charge in [-0.3, -0.25) is 9.78 Å². The van der Waals surface area contributed by atoms with Crippen LogP contribution in [0, 0.1) is 6.92 Å². The van der Waals surface area contributed by atoms with Crippen LogP contribution in [0.2, 0.25) is 0 Å². The molecule has 116 valence electrons. The van der Waals surface area contributed by atoms with Gasteiger partial charge < -0.3 is 16.8 Å². The van der Waals surface area contributed by atoms with Gasteiger partial charge in [-0.25, -0.2) is 0 Å². The second-order valence-electron chi connectivity index (χ2n) is 6.09. The number of nitrogens with two attached hydrogens (primary N) is 2. The zero-order valence-electron chi connectivity index (χ0n) is 12.8. The maximum Gasteiger partial charge on any atom is 0.254 e. The minimum absolute atomic E-state index is 0.111. The molecule has 2 aromatic rings. The second-order valence-corrected chi connectivity index (χ2v) is 6.09. The number of hydrogen-bond donors (Lipinski definition) is 3. The molecule has 1 aliphatic rings. The smallest absolute Gasteiger partial charge is 0.254 e. The zero-order chi connectivity index (χ0) is 15.7. The summed E-state index contributed by atoms with van der Waals surface area (Å²) in [7, 11) is 0. The average Bonchev–Trinajstić information content (AvgIpc) is 2.50. The number of anilines is 1. The molecule has 0 saturated heterocycles. The van der Waals surface area contributed by atoms with Crippen molar-refractivity contribution in [3.63, 3.8) is 0 Å². The Labute approximate surface area is 130 Å². The summed E-state index contributed by atoms with van der Waals surface area (Å²) in [6, 6.07) is 8.05. The fourth-order valence-corrected chi connectivity index (χ4v) is 3.12. The van der Waals surface area contributed by atoms with Gasteiger partial charge in [-0.05, 0) is 38.7 Å². The van der Waals surface area contributed by atoms with E-state index in [0.29, 0.717) is 16.9 Å². The molecule has 1 amide bonds. The van der Waals surface area contributed by atoms with Crippen LogP contribution in [0.5, 0.6) is 0 Å². The highest BCUT2D eigenvalue weighted by molar-refractivity contribution is 6.10. The quantitative estimate of drug-likeness (QED) is 0.791. The molecule has 0 spiro atoms. The summed E-state index contributed by atoms with van der Waals surface area (Å²) in [5.74, 6) is -0.111. The Morgan fingerprint density at radius 3 is 2.64 bits per heavy atom. The number of nitrogen functional groups attached to an aromatic ring is 1. The number of aryl methyl sites for hydroxylation is 1. The third-order valence-corrected chi connectivity index (χ3v) is 4.45. The summed E-state index contributed by atoms with van der Waals surface area (Å²) in [5, 5.41) is 3.92. The van der Waals surface area contributed by atoms with Crippen molar-refractivity contribution in [2.45, 2.75) is 44.7 Å². The van der Waals surface area contributed by atoms with Crippen molar-refractivity contribution in [3.8, 4) is 0 Å². The van der Waals surface area contributed by atoms with E-state index in [2.05, 4.69) is 10.3 Å². The Morgan fingerprint density at radius 1 is 1.23 bits per heavy atom. The van der Waals surface area contributed by atoms with Gasteiger partial charge in [0.15, 0.2) is 0 Å². The molecule has 1 aromatic heterocycles. The van der Waals surface area contributed by atoms with Gasteiger partial charge in [0.05, 0.1) is 22.5 Å². The minimum atomic E-state index is -0.111. The molecule has 0 radical (unpaired) electrons. The summed E-state index contributed by atoms with van der Waals surface area (Å²) in [5.41, 5.74) is 14.5. The van der Waals surface area contributed by atoms with Crippen LogP contribution in [0.25, 0.3) is 10.9 Å². The standard InChI is InChI=1S/C17H22N4O/c1-10-16(19)15(13-4-2-3-5-14(13)20-10)17(22)21-12-8-6-11(18)7-9-12/h2-5,11-12H,6-9,18-19H2,1H3,(H,21,22). The highest BCUT2D eigenvalue weighted by Gasteiger charge is 2.23. The summed E-state index contributed by atoms with van der Waals surface area (Å²) in [6.07, 6.45) is 3.76. The molecule has 1 saturated carbocycles. The van der Waals surface area contributed by atoms with Crippen LogP contribution < -0.4 is 16.8 Å². The van der Waals surface area contributed by atoms with Gasteiger partial charge in [-0.2, -0.15) is 0 Å². The third-order valence-electron chi connectivity index (χ3n) is 4.45. The Morgan fingerprint density at radius 2 is 1.91 bits per heavy atom. The SMILES string of the molecule is Cc1nc2ccccc2c(C(=O)NC2CCC(N)CC2)c1N. The first kappa shape index (κ1) is 14.8. The molecule has 0 atom stereocenters. The van der Waals surface area contributed by atoms with Crippen molar-refractivity contribution in [2.75, 3.05) is 5.73 Å². The minimum Gasteiger partial charge on any atom is -0.397 e. The van der Waals surface area contributed by atoms with Gasteiger partial charge in [0.25, 0.3) is 5.91 Å². The number of aromatic nitrogens is 1. The molecule has 5 N–H and O–H groups in total. The number of carbonyl (C=O) groups excluding carboxylic acids is 1. The Balaban J connectivity index is 1.92. The first-order chi connectivity index (χ1) is 10.6. The maximum atomic E-state index is 12.7. The Bertz CT molecular complexity index is 705. The number of carbonyl (C=O) groups is 1. The van der Waals surface area contributed by atoms with Crippen LogP contribution in [0.4, 0.5) is 5.69 Å². The van der Waals surface area contributed by atoms with E-state index in [9.17, 15) is 4.79 Å². The monoisotopic (exact) mass is 298 g/mol. The maximum absolute atomic E-state index is 12.7. The fourth-order valence-electron chi connectivity index (χ4n) is 3.12. The van der Waals surface area contributed by atoms with E-state index in [1.807, 2.05) is 31.2 Å². The van der Waals surface area contributed by atoms with Crippen molar-refractivity contribution in [1.29, 1.82) is 0 Å². The van der Waals surface area contributed by atoms with Crippen LogP contribution in [0.3, 0.4) is 0 Å². The summed E-state index contributed by atoms with van der Waals surface area (Å²) in [4.78, 5) is 17.2. The van der Waals surface area contributed by atoms with E-state index >= 15 is 0 Å². The largest absolute Gasteiger partial charge is 0.397 e. The van der Waals surface area contributed by atoms with Gasteiger partial charge in [0.1, 0.15) is 0 Å². The lowest BCUT2D eigenvalue weighted by Gasteiger charge is -2.27. The van der Waals surface area contributed by atoms with Crippen LogP contribution in [-0.2, 0) is 0 Å². The van der Waals surface area contributed by atoms with E-state index in [4.69, 9.17) is 11.5 Å². The van der Waals surface area contributed by atoms with Gasteiger partial charge in [-0.15, -0.1) is 0 Å². The Kier molecular flexibility index (Phi) is 3.98. The number of nitrogens with zero attached hydrogens (tertiary/aromatic N) is 1. The topological polar surface area (TPSA) is 94.0 Å². The van der Waals surface area contributed by atoms with Gasteiger partial charge in [0.2, 0.25) is 0 Å². The molecule has 5 nitrogen and oxygen atoms in total. The number of hydrogen-bond acceptors (Lipinski definition) is 4. The van der Waals surface area contributed by atoms with E-state index in [1.165, 1.54) is 0 Å². The molecule has 1 heterocycles. The number of pyridine rings is 1. The van der Waals surface area contributed by atoms with Gasteiger partial charge >= 0.3 is 0 Å². The zero-order valence-corrected chi connectivity index (χ0v) is 12.8. The first-order valence-electron chi connectivity index (χ1n) is 7.77. The first-order valence-corrected chi connectivity index (χ1v) is 7.77. The summed E-state index contributed by atoms with van der Waals surface area (Å²) in [6.45, 7) is 1.83. The molecule has 1 fully saturated rings. The van der Waals surface area contributed by atoms with Crippen LogP contribution in [0.1, 0.15) is 41.7 Å². The average molecular weight is 298 g/mol. The molecule has 0 bridgehead atoms. The normalized spacial score (nSPS) is 21.7. The summed E-state index contributed by atoms with van der Waals surface area (Å²) >= 11 is 0. The van der Waals surface area contributed by atoms with Crippen molar-refractivity contribution < 1.29 is 4.79 Å². The lowest BCUT2D eigenvalue weighted by Crippen LogP contribution is -2.40. The highest BCUT2D eigenvalue weighted by Crippen LogP contribution is 2.26. The number of para-hydroxylation sites is 1. The molecule has 3 rings (SSSR count). The predicted octanol–water partition coefficient (Wildman–Crippen LogP) is 2.13. The Hall–Kier alpha value is -2.14. The van der Waals surface area contributed by atoms with Crippen LogP contribution >= 0.6 is 0 Å². The highest BCUT2D eigenvalue weighted by atomic mass is 16.1. The molecular formula is C17H22N4O. The predicted molar refractivity (Wildman–Crippen MR) is 88.6 cm³/mol. The van der Waals surface area contributed by atoms with Crippen molar-refractivity contribution >= 4 is 22.5 Å². The molecule has 0 aliphatic heterocycles. The number of amides is 1. The van der Waals surface area contributed by atoms with Gasteiger partial charge in [-0.1, -0.05) is 18.2 Å². The van der Waals surface area contributed by atoms with Crippen molar-refractivity contribution in [2.24, 2.45) is 5.73 Å². The number of benzene rings is 1. The third kappa shape index (κ3) is 2.76. The van der Waals surface area contributed by atoms with Crippen LogP contribution in [0.15, 0.2) is 24.3 Å². The van der Waals surface area contributed by atoms with Gasteiger partial charge in [0, 0.05) is 17.5 Å². The molecule has 1 aromatic carbocycles. The van der Waals surface area contributed by atoms with E-state index < -0.39 is 0 Å². The molecule has 0 unspecified atom stereocenters. The number of nitrogens with one attached hydrogen (secondary N) is 1. The molecular weight excluding hydrogens is 276 g/mol. The molecule has 5 heteroatoms. The number of fused-ring (bicyclic) bond motifs is 1. The van der Waals surface area contributed by atoms with Crippen LogP contribution in [-0.4, -0.2) is 23.0 Å². The van der Waals surface area contributed by atoms with Crippen molar-refractivity contribution in [3.05, 3.63) is 35.5 Å². The lowest BCUT2D eigenvalue weighted by atomic mass is 9.91. The van der Waals surface area contributed by atoms with Crippen molar-refractivity contribution in [1.82, 2.24) is 10.3 Å². The molecule has 1 aliphatic carbocycles. The van der Waals surface area contributed by atoms with E-state index in [1.54, 1.807) is 0 Å². The lowest BCUT2D eigenvalue weighted by molar-refractivity contribution is 0.0928. The van der Waals surface area contributed by atoms with E-state index in [-0.39, 0.29) is 18.0 Å². The second kappa shape index (κ2) is 5.93. The fraction of sp³-hybridized carbons (Fsp3) is 0.412. The van der Waals surface area contributed by atoms with E-state index in [0.717, 1.165) is 36.6 Å². The molecule has 22 heavy (non-hydrogen) atoms. The summed E-state index contributed by atoms with van der Waals surface area (Å²) < 4.78 is 0.